The number of hydrogen-bond acceptors (Lipinski definition) is 4. The predicted molar refractivity (Wildman–Crippen MR) is 113 cm³/mol. The van der Waals surface area contributed by atoms with Crippen molar-refractivity contribution in [2.75, 3.05) is 7.11 Å². The Labute approximate surface area is 171 Å². The van der Waals surface area contributed by atoms with Crippen molar-refractivity contribution in [3.63, 3.8) is 0 Å². The molecule has 0 aliphatic heterocycles. The molecule has 4 aromatic rings. The number of ether oxygens (including phenoxy) is 1. The third-order valence-corrected chi connectivity index (χ3v) is 4.89. The van der Waals surface area contributed by atoms with E-state index in [1.807, 2.05) is 24.3 Å². The van der Waals surface area contributed by atoms with E-state index < -0.39 is 11.2 Å². The lowest BCUT2D eigenvalue weighted by Crippen LogP contribution is -2.34. The van der Waals surface area contributed by atoms with Crippen LogP contribution in [0, 0.1) is 0 Å². The van der Waals surface area contributed by atoms with Crippen molar-refractivity contribution in [3.8, 4) is 11.4 Å². The molecule has 2 aromatic carbocycles. The van der Waals surface area contributed by atoms with E-state index in [-0.39, 0.29) is 22.5 Å². The summed E-state index contributed by atoms with van der Waals surface area (Å²) in [5.74, 6) is 0.343. The van der Waals surface area contributed by atoms with Crippen LogP contribution in [0.2, 0.25) is 0 Å². The highest BCUT2D eigenvalue weighted by atomic mass is 16.5. The summed E-state index contributed by atoms with van der Waals surface area (Å²) in [6, 6.07) is 16.0. The average Bonchev–Trinajstić information content (AvgIpc) is 3.09. The maximum Gasteiger partial charge on any atom is 0.333 e. The summed E-state index contributed by atoms with van der Waals surface area (Å²) in [5, 5.41) is 2.82. The van der Waals surface area contributed by atoms with Crippen molar-refractivity contribution in [2.45, 2.75) is 6.54 Å². The van der Waals surface area contributed by atoms with Crippen LogP contribution in [0.3, 0.4) is 0 Å². The van der Waals surface area contributed by atoms with E-state index in [1.165, 1.54) is 0 Å². The molecule has 2 N–H and O–H groups in total. The van der Waals surface area contributed by atoms with Gasteiger partial charge in [0, 0.05) is 19.8 Å². The van der Waals surface area contributed by atoms with Gasteiger partial charge in [-0.1, -0.05) is 30.3 Å². The molecule has 0 aliphatic rings. The van der Waals surface area contributed by atoms with Crippen molar-refractivity contribution in [1.82, 2.24) is 19.4 Å². The average molecular weight is 404 g/mol. The summed E-state index contributed by atoms with van der Waals surface area (Å²) < 4.78 is 7.73. The van der Waals surface area contributed by atoms with Gasteiger partial charge in [0.15, 0.2) is 0 Å². The van der Waals surface area contributed by atoms with E-state index in [4.69, 9.17) is 4.74 Å². The monoisotopic (exact) mass is 404 g/mol. The van der Waals surface area contributed by atoms with E-state index in [2.05, 4.69) is 10.3 Å². The lowest BCUT2D eigenvalue weighted by molar-refractivity contribution is 0.0952. The molecule has 0 spiro atoms. The summed E-state index contributed by atoms with van der Waals surface area (Å²) >= 11 is 0. The maximum absolute atomic E-state index is 13.0. The summed E-state index contributed by atoms with van der Waals surface area (Å²) in [7, 11) is 3.25. The number of nitrogens with one attached hydrogen (secondary N) is 2. The second kappa shape index (κ2) is 7.75. The Morgan fingerprint density at radius 2 is 1.77 bits per heavy atom. The molecule has 152 valence electrons. The Morgan fingerprint density at radius 1 is 1.07 bits per heavy atom. The zero-order chi connectivity index (χ0) is 21.3. The second-order valence-electron chi connectivity index (χ2n) is 6.81. The molecule has 0 saturated heterocycles. The Morgan fingerprint density at radius 3 is 2.43 bits per heavy atom. The highest BCUT2D eigenvalue weighted by Gasteiger charge is 2.20. The van der Waals surface area contributed by atoms with Crippen LogP contribution < -0.4 is 21.3 Å². The van der Waals surface area contributed by atoms with Crippen LogP contribution >= 0.6 is 0 Å². The summed E-state index contributed by atoms with van der Waals surface area (Å²) in [4.78, 5) is 41.1. The van der Waals surface area contributed by atoms with E-state index in [9.17, 15) is 14.4 Å². The van der Waals surface area contributed by atoms with Gasteiger partial charge < -0.3 is 19.6 Å². The van der Waals surface area contributed by atoms with E-state index in [0.717, 1.165) is 15.9 Å². The number of rotatable bonds is 5. The second-order valence-corrected chi connectivity index (χ2v) is 6.81. The number of hydrogen-bond donors (Lipinski definition) is 2. The number of nitrogens with zero attached hydrogens (tertiary/aromatic N) is 2. The van der Waals surface area contributed by atoms with Crippen molar-refractivity contribution < 1.29 is 9.53 Å². The summed E-state index contributed by atoms with van der Waals surface area (Å²) in [6.07, 6.45) is 1.54. The van der Waals surface area contributed by atoms with Gasteiger partial charge in [-0.2, -0.15) is 0 Å². The van der Waals surface area contributed by atoms with Gasteiger partial charge in [-0.25, -0.2) is 9.36 Å². The largest absolute Gasteiger partial charge is 0.497 e. The third kappa shape index (κ3) is 3.39. The molecule has 0 radical (unpaired) electrons. The zero-order valence-electron chi connectivity index (χ0n) is 16.5. The molecule has 0 atom stereocenters. The van der Waals surface area contributed by atoms with E-state index >= 15 is 0 Å². The first-order valence-corrected chi connectivity index (χ1v) is 9.30. The molecule has 2 heterocycles. The summed E-state index contributed by atoms with van der Waals surface area (Å²) in [6.45, 7) is 0.296. The molecule has 2 aromatic heterocycles. The van der Waals surface area contributed by atoms with Crippen LogP contribution in [0.1, 0.15) is 15.9 Å². The first-order chi connectivity index (χ1) is 14.5. The molecule has 0 saturated carbocycles. The third-order valence-electron chi connectivity index (χ3n) is 4.89. The first kappa shape index (κ1) is 19.3. The number of H-pyrrole nitrogens is 1. The normalized spacial score (nSPS) is 10.9. The van der Waals surface area contributed by atoms with Gasteiger partial charge >= 0.3 is 5.69 Å². The standard InChI is InChI=1S/C22H20N4O4/c1-25-13-17(20(27)23-12-14-8-10-16(30-2)11-9-14)18-19(25)21(28)26(22(29)24-18)15-6-4-3-5-7-15/h3-11,13H,12H2,1-2H3,(H,23,27)(H,24,29). The van der Waals surface area contributed by atoms with Crippen molar-refractivity contribution in [2.24, 2.45) is 7.05 Å². The van der Waals surface area contributed by atoms with Gasteiger partial charge in [0.05, 0.1) is 23.9 Å². The SMILES string of the molecule is COc1ccc(CNC(=O)c2cn(C)c3c(=O)n(-c4ccccc4)c(=O)[nH]c23)cc1. The number of aromatic nitrogens is 3. The Kier molecular flexibility index (Phi) is 4.97. The molecule has 0 aliphatic carbocycles. The molecule has 0 unspecified atom stereocenters. The van der Waals surface area contributed by atoms with Crippen LogP contribution in [0.25, 0.3) is 16.7 Å². The highest BCUT2D eigenvalue weighted by Crippen LogP contribution is 2.16. The fourth-order valence-electron chi connectivity index (χ4n) is 3.38. The van der Waals surface area contributed by atoms with Crippen molar-refractivity contribution in [1.29, 1.82) is 0 Å². The Bertz CT molecular complexity index is 1330. The number of para-hydroxylation sites is 1. The topological polar surface area (TPSA) is 98.1 Å². The molecule has 4 rings (SSSR count). The molecular formula is C22H20N4O4. The lowest BCUT2D eigenvalue weighted by Gasteiger charge is -2.07. The van der Waals surface area contributed by atoms with Gasteiger partial charge in [-0.05, 0) is 29.8 Å². The van der Waals surface area contributed by atoms with Crippen LogP contribution in [0.15, 0.2) is 70.4 Å². The number of carbonyl (C=O) groups is 1. The fourth-order valence-corrected chi connectivity index (χ4v) is 3.38. The Balaban J connectivity index is 1.69. The predicted octanol–water partition coefficient (Wildman–Crippen LogP) is 1.96. The van der Waals surface area contributed by atoms with Gasteiger partial charge in [-0.3, -0.25) is 9.59 Å². The number of fused-ring (bicyclic) bond motifs is 1. The molecule has 0 bridgehead atoms. The van der Waals surface area contributed by atoms with Gasteiger partial charge in [-0.15, -0.1) is 0 Å². The Hall–Kier alpha value is -4.07. The maximum atomic E-state index is 13.0. The smallest absolute Gasteiger partial charge is 0.333 e. The first-order valence-electron chi connectivity index (χ1n) is 9.30. The zero-order valence-corrected chi connectivity index (χ0v) is 16.5. The van der Waals surface area contributed by atoms with E-state index in [0.29, 0.717) is 12.2 Å². The lowest BCUT2D eigenvalue weighted by atomic mass is 10.2. The number of aryl methyl sites for hydroxylation is 1. The molecule has 0 fully saturated rings. The van der Waals surface area contributed by atoms with Crippen LogP contribution in [0.5, 0.6) is 5.75 Å². The van der Waals surface area contributed by atoms with Crippen LogP contribution in [-0.4, -0.2) is 27.1 Å². The fraction of sp³-hybridized carbons (Fsp3) is 0.136. The van der Waals surface area contributed by atoms with Crippen molar-refractivity contribution >= 4 is 16.9 Å². The molecule has 30 heavy (non-hydrogen) atoms. The summed E-state index contributed by atoms with van der Waals surface area (Å²) in [5.41, 5.74) is 0.947. The van der Waals surface area contributed by atoms with Gasteiger partial charge in [0.1, 0.15) is 11.3 Å². The van der Waals surface area contributed by atoms with Crippen molar-refractivity contribution in [3.05, 3.63) is 92.8 Å². The number of carbonyl (C=O) groups excluding carboxylic acids is 1. The number of benzene rings is 2. The number of amides is 1. The highest BCUT2D eigenvalue weighted by molar-refractivity contribution is 6.05. The van der Waals surface area contributed by atoms with Crippen LogP contribution in [0.4, 0.5) is 0 Å². The van der Waals surface area contributed by atoms with E-state index in [1.54, 1.807) is 55.3 Å². The quantitative estimate of drug-likeness (QED) is 0.531. The molecule has 8 heteroatoms. The minimum Gasteiger partial charge on any atom is -0.497 e. The molecule has 1 amide bonds. The molecule has 8 nitrogen and oxygen atoms in total. The van der Waals surface area contributed by atoms with Gasteiger partial charge in [0.25, 0.3) is 11.5 Å². The van der Waals surface area contributed by atoms with Gasteiger partial charge in [0.2, 0.25) is 0 Å². The minimum atomic E-state index is -0.603. The minimum absolute atomic E-state index is 0.215. The molecular weight excluding hydrogens is 384 g/mol. The van der Waals surface area contributed by atoms with Crippen LogP contribution in [-0.2, 0) is 13.6 Å². The number of aromatic amines is 1. The number of methoxy groups -OCH3 is 1.